The average molecular weight is 331 g/mol. The molecule has 4 rings (SSSR count). The predicted molar refractivity (Wildman–Crippen MR) is 83.4 cm³/mol. The van der Waals surface area contributed by atoms with Crippen molar-refractivity contribution >= 4 is 16.7 Å². The first-order valence-electron chi connectivity index (χ1n) is 7.58. The third-order valence-electron chi connectivity index (χ3n) is 4.20. The molecule has 3 heterocycles. The first-order chi connectivity index (χ1) is 11.6. The summed E-state index contributed by atoms with van der Waals surface area (Å²) in [5, 5.41) is 3.71. The van der Waals surface area contributed by atoms with E-state index in [1.54, 1.807) is 6.20 Å². The molecule has 3 aromatic rings. The minimum absolute atomic E-state index is 0.0719. The monoisotopic (exact) mass is 331 g/mol. The number of anilines is 1. The molecule has 0 amide bonds. The number of hydrogen-bond donors (Lipinski definition) is 1. The lowest BCUT2D eigenvalue weighted by atomic mass is 10.1. The Morgan fingerprint density at radius 1 is 1.21 bits per heavy atom. The SMILES string of the molecule is Cn1ccnc1[C@@H]1OCC[C@H]1Nc1ncnc2cc(F)c(F)cc12. The van der Waals surface area contributed by atoms with Crippen molar-refractivity contribution in [1.82, 2.24) is 19.5 Å². The maximum absolute atomic E-state index is 13.6. The summed E-state index contributed by atoms with van der Waals surface area (Å²) in [6.45, 7) is 0.585. The third kappa shape index (κ3) is 2.48. The van der Waals surface area contributed by atoms with E-state index in [9.17, 15) is 8.78 Å². The van der Waals surface area contributed by atoms with Gasteiger partial charge in [-0.2, -0.15) is 0 Å². The van der Waals surface area contributed by atoms with Gasteiger partial charge in [0.05, 0.1) is 11.6 Å². The zero-order chi connectivity index (χ0) is 16.7. The fraction of sp³-hybridized carbons (Fsp3) is 0.312. The molecule has 0 bridgehead atoms. The largest absolute Gasteiger partial charge is 0.368 e. The minimum Gasteiger partial charge on any atom is -0.368 e. The molecule has 0 saturated carbocycles. The topological polar surface area (TPSA) is 64.9 Å². The molecule has 0 radical (unpaired) electrons. The third-order valence-corrected chi connectivity index (χ3v) is 4.20. The summed E-state index contributed by atoms with van der Waals surface area (Å²) in [4.78, 5) is 12.5. The summed E-state index contributed by atoms with van der Waals surface area (Å²) in [7, 11) is 1.90. The first kappa shape index (κ1) is 14.9. The molecule has 1 aromatic carbocycles. The zero-order valence-electron chi connectivity index (χ0n) is 12.9. The number of nitrogens with zero attached hydrogens (tertiary/aromatic N) is 4. The molecule has 1 fully saturated rings. The normalized spacial score (nSPS) is 20.6. The second kappa shape index (κ2) is 5.79. The van der Waals surface area contributed by atoms with Crippen molar-refractivity contribution in [1.29, 1.82) is 0 Å². The zero-order valence-corrected chi connectivity index (χ0v) is 12.9. The average Bonchev–Trinajstić information content (AvgIpc) is 3.17. The minimum atomic E-state index is -0.928. The van der Waals surface area contributed by atoms with E-state index in [4.69, 9.17) is 4.74 Å². The Morgan fingerprint density at radius 2 is 2.04 bits per heavy atom. The molecule has 1 N–H and O–H groups in total. The summed E-state index contributed by atoms with van der Waals surface area (Å²) in [5.74, 6) is -0.597. The van der Waals surface area contributed by atoms with Gasteiger partial charge in [-0.15, -0.1) is 0 Å². The van der Waals surface area contributed by atoms with Crippen molar-refractivity contribution in [3.8, 4) is 0 Å². The van der Waals surface area contributed by atoms with Crippen LogP contribution in [0.25, 0.3) is 10.9 Å². The molecule has 0 spiro atoms. The Labute approximate surface area is 136 Å². The van der Waals surface area contributed by atoms with Crippen LogP contribution in [0.1, 0.15) is 18.3 Å². The summed E-state index contributed by atoms with van der Waals surface area (Å²) in [5.41, 5.74) is 0.346. The van der Waals surface area contributed by atoms with Crippen molar-refractivity contribution in [3.05, 3.63) is 48.3 Å². The highest BCUT2D eigenvalue weighted by Gasteiger charge is 2.33. The maximum atomic E-state index is 13.6. The van der Waals surface area contributed by atoms with Crippen LogP contribution < -0.4 is 5.32 Å². The van der Waals surface area contributed by atoms with Crippen LogP contribution in [0.4, 0.5) is 14.6 Å². The number of benzene rings is 1. The summed E-state index contributed by atoms with van der Waals surface area (Å²) in [6.07, 6.45) is 5.42. The van der Waals surface area contributed by atoms with Gasteiger partial charge >= 0.3 is 0 Å². The summed E-state index contributed by atoms with van der Waals surface area (Å²) < 4.78 is 34.7. The highest BCUT2D eigenvalue weighted by atomic mass is 19.2. The number of fused-ring (bicyclic) bond motifs is 1. The van der Waals surface area contributed by atoms with Gasteiger partial charge in [-0.25, -0.2) is 23.7 Å². The van der Waals surface area contributed by atoms with Crippen LogP contribution in [-0.2, 0) is 11.8 Å². The van der Waals surface area contributed by atoms with E-state index in [0.717, 1.165) is 24.4 Å². The standard InChI is InChI=1S/C16H15F2N5O/c1-23-4-3-19-16(23)14-12(2-5-24-14)22-15-9-6-10(17)11(18)7-13(9)20-8-21-15/h3-4,6-8,12,14H,2,5H2,1H3,(H,20,21,22)/t12-,14-/m1/s1. The number of rotatable bonds is 3. The molecule has 8 heteroatoms. The van der Waals surface area contributed by atoms with Crippen LogP contribution in [0.15, 0.2) is 30.9 Å². The summed E-state index contributed by atoms with van der Waals surface area (Å²) >= 11 is 0. The lowest BCUT2D eigenvalue weighted by Gasteiger charge is -2.20. The van der Waals surface area contributed by atoms with E-state index >= 15 is 0 Å². The number of aromatic nitrogens is 4. The Hall–Kier alpha value is -2.61. The van der Waals surface area contributed by atoms with Crippen LogP contribution in [0.5, 0.6) is 0 Å². The number of nitrogens with one attached hydrogen (secondary N) is 1. The van der Waals surface area contributed by atoms with Gasteiger partial charge in [0, 0.05) is 37.5 Å². The highest BCUT2D eigenvalue weighted by molar-refractivity contribution is 5.89. The molecular weight excluding hydrogens is 316 g/mol. The van der Waals surface area contributed by atoms with E-state index in [1.807, 2.05) is 17.8 Å². The fourth-order valence-corrected chi connectivity index (χ4v) is 2.98. The molecule has 124 valence electrons. The summed E-state index contributed by atoms with van der Waals surface area (Å²) in [6, 6.07) is 2.11. The lowest BCUT2D eigenvalue weighted by Crippen LogP contribution is -2.26. The van der Waals surface area contributed by atoms with Crippen LogP contribution in [-0.4, -0.2) is 32.2 Å². The molecule has 2 atom stereocenters. The first-order valence-corrected chi connectivity index (χ1v) is 7.58. The number of aryl methyl sites for hydroxylation is 1. The van der Waals surface area contributed by atoms with Crippen molar-refractivity contribution in [2.24, 2.45) is 7.05 Å². The van der Waals surface area contributed by atoms with Crippen molar-refractivity contribution in [2.75, 3.05) is 11.9 Å². The second-order valence-electron chi connectivity index (χ2n) is 5.73. The van der Waals surface area contributed by atoms with Gasteiger partial charge in [-0.05, 0) is 12.5 Å². The quantitative estimate of drug-likeness (QED) is 0.799. The second-order valence-corrected chi connectivity index (χ2v) is 5.73. The maximum Gasteiger partial charge on any atom is 0.161 e. The smallest absolute Gasteiger partial charge is 0.161 e. The van der Waals surface area contributed by atoms with E-state index < -0.39 is 11.6 Å². The van der Waals surface area contributed by atoms with Gasteiger partial charge in [0.1, 0.15) is 24.1 Å². The number of hydrogen-bond acceptors (Lipinski definition) is 5. The molecule has 1 aliphatic heterocycles. The Balaban J connectivity index is 1.69. The van der Waals surface area contributed by atoms with Crippen molar-refractivity contribution < 1.29 is 13.5 Å². The van der Waals surface area contributed by atoms with E-state index in [2.05, 4.69) is 20.3 Å². The van der Waals surface area contributed by atoms with Gasteiger partial charge < -0.3 is 14.6 Å². The van der Waals surface area contributed by atoms with Crippen molar-refractivity contribution in [3.63, 3.8) is 0 Å². The van der Waals surface area contributed by atoms with Crippen LogP contribution in [0.3, 0.4) is 0 Å². The molecule has 1 aliphatic rings. The number of imidazole rings is 1. The van der Waals surface area contributed by atoms with Gasteiger partial charge in [0.25, 0.3) is 0 Å². The Morgan fingerprint density at radius 3 is 2.83 bits per heavy atom. The van der Waals surface area contributed by atoms with Crippen LogP contribution in [0, 0.1) is 11.6 Å². The van der Waals surface area contributed by atoms with Crippen LogP contribution >= 0.6 is 0 Å². The number of ether oxygens (including phenoxy) is 1. The van der Waals surface area contributed by atoms with Gasteiger partial charge in [0.2, 0.25) is 0 Å². The predicted octanol–water partition coefficient (Wildman–Crippen LogP) is 2.58. The van der Waals surface area contributed by atoms with E-state index in [0.29, 0.717) is 23.3 Å². The Kier molecular flexibility index (Phi) is 3.61. The fourth-order valence-electron chi connectivity index (χ4n) is 2.98. The molecule has 2 aromatic heterocycles. The molecular formula is C16H15F2N5O. The number of halogens is 2. The molecule has 1 saturated heterocycles. The molecule has 0 aliphatic carbocycles. The molecule has 24 heavy (non-hydrogen) atoms. The van der Waals surface area contributed by atoms with Gasteiger partial charge in [-0.1, -0.05) is 0 Å². The van der Waals surface area contributed by atoms with E-state index in [1.165, 1.54) is 6.33 Å². The van der Waals surface area contributed by atoms with Crippen LogP contribution in [0.2, 0.25) is 0 Å². The Bertz CT molecular complexity index is 897. The van der Waals surface area contributed by atoms with Gasteiger partial charge in [-0.3, -0.25) is 0 Å². The highest BCUT2D eigenvalue weighted by Crippen LogP contribution is 2.32. The molecule has 6 nitrogen and oxygen atoms in total. The van der Waals surface area contributed by atoms with E-state index in [-0.39, 0.29) is 12.1 Å². The van der Waals surface area contributed by atoms with Gasteiger partial charge in [0.15, 0.2) is 11.6 Å². The molecule has 0 unspecified atom stereocenters. The lowest BCUT2D eigenvalue weighted by molar-refractivity contribution is 0.0983. The van der Waals surface area contributed by atoms with Crippen molar-refractivity contribution in [2.45, 2.75) is 18.6 Å².